The van der Waals surface area contributed by atoms with Crippen molar-refractivity contribution in [2.75, 3.05) is 17.6 Å². The van der Waals surface area contributed by atoms with Crippen LogP contribution in [0.4, 0.5) is 5.95 Å². The molecule has 0 radical (unpaired) electrons. The summed E-state index contributed by atoms with van der Waals surface area (Å²) in [6.45, 7) is 5.17. The first kappa shape index (κ1) is 10.3. The fourth-order valence-corrected chi connectivity index (χ4v) is 1.50. The molecular weight excluding hydrogens is 182 g/mol. The van der Waals surface area contributed by atoms with Crippen LogP contribution in [0.25, 0.3) is 0 Å². The number of rotatable bonds is 5. The number of hydrogen-bond acceptors (Lipinski definition) is 4. The summed E-state index contributed by atoms with van der Waals surface area (Å²) in [6, 6.07) is 1.94. The number of nitrogens with zero attached hydrogens (tertiary/aromatic N) is 2. The summed E-state index contributed by atoms with van der Waals surface area (Å²) in [6.07, 6.45) is 2.89. The highest BCUT2D eigenvalue weighted by atomic mass is 32.2. The zero-order chi connectivity index (χ0) is 9.52. The van der Waals surface area contributed by atoms with E-state index < -0.39 is 0 Å². The van der Waals surface area contributed by atoms with E-state index in [1.165, 1.54) is 0 Å². The molecule has 3 nitrogen and oxygen atoms in total. The summed E-state index contributed by atoms with van der Waals surface area (Å²) in [5.41, 5.74) is 0. The van der Waals surface area contributed by atoms with Crippen LogP contribution in [0, 0.1) is 0 Å². The number of hydrogen-bond donors (Lipinski definition) is 1. The van der Waals surface area contributed by atoms with Gasteiger partial charge in [0.1, 0.15) is 5.03 Å². The first-order chi connectivity index (χ1) is 6.36. The Morgan fingerprint density at radius 1 is 1.46 bits per heavy atom. The van der Waals surface area contributed by atoms with Crippen molar-refractivity contribution in [3.05, 3.63) is 12.3 Å². The maximum absolute atomic E-state index is 4.34. The lowest BCUT2D eigenvalue weighted by Gasteiger charge is -2.03. The summed E-state index contributed by atoms with van der Waals surface area (Å²) < 4.78 is 0. The molecule has 0 spiro atoms. The second-order valence-electron chi connectivity index (χ2n) is 2.58. The van der Waals surface area contributed by atoms with Gasteiger partial charge >= 0.3 is 0 Å². The zero-order valence-electron chi connectivity index (χ0n) is 8.08. The van der Waals surface area contributed by atoms with Crippen molar-refractivity contribution in [3.63, 3.8) is 0 Å². The SMILES string of the molecule is CCCNc1nccc(SCC)n1. The minimum Gasteiger partial charge on any atom is -0.354 e. The predicted octanol–water partition coefficient (Wildman–Crippen LogP) is 2.41. The fourth-order valence-electron chi connectivity index (χ4n) is 0.892. The van der Waals surface area contributed by atoms with Gasteiger partial charge in [0.15, 0.2) is 0 Å². The maximum Gasteiger partial charge on any atom is 0.223 e. The lowest BCUT2D eigenvalue weighted by atomic mass is 10.5. The molecule has 1 rings (SSSR count). The van der Waals surface area contributed by atoms with Crippen LogP contribution in [0.1, 0.15) is 20.3 Å². The van der Waals surface area contributed by atoms with Crippen LogP contribution in [-0.2, 0) is 0 Å². The molecular formula is C9H15N3S. The van der Waals surface area contributed by atoms with Crippen molar-refractivity contribution in [1.82, 2.24) is 9.97 Å². The largest absolute Gasteiger partial charge is 0.354 e. The van der Waals surface area contributed by atoms with E-state index in [1.54, 1.807) is 18.0 Å². The molecule has 0 aliphatic rings. The molecule has 0 aliphatic heterocycles. The van der Waals surface area contributed by atoms with E-state index in [0.29, 0.717) is 0 Å². The summed E-state index contributed by atoms with van der Waals surface area (Å²) in [7, 11) is 0. The van der Waals surface area contributed by atoms with Gasteiger partial charge in [0.2, 0.25) is 5.95 Å². The molecule has 1 aromatic heterocycles. The van der Waals surface area contributed by atoms with Gasteiger partial charge in [0.25, 0.3) is 0 Å². The van der Waals surface area contributed by atoms with Crippen LogP contribution in [0.2, 0.25) is 0 Å². The van der Waals surface area contributed by atoms with Gasteiger partial charge in [-0.3, -0.25) is 0 Å². The van der Waals surface area contributed by atoms with Gasteiger partial charge < -0.3 is 5.32 Å². The lowest BCUT2D eigenvalue weighted by Crippen LogP contribution is -2.04. The Labute approximate surface area is 83.4 Å². The van der Waals surface area contributed by atoms with Crippen LogP contribution in [0.15, 0.2) is 17.3 Å². The Bertz CT molecular complexity index is 252. The molecule has 0 fully saturated rings. The highest BCUT2D eigenvalue weighted by Gasteiger charge is 1.96. The number of aromatic nitrogens is 2. The smallest absolute Gasteiger partial charge is 0.223 e. The van der Waals surface area contributed by atoms with Crippen molar-refractivity contribution < 1.29 is 0 Å². The third-order valence-corrected chi connectivity index (χ3v) is 2.27. The van der Waals surface area contributed by atoms with Gasteiger partial charge in [-0.05, 0) is 18.2 Å². The van der Waals surface area contributed by atoms with Gasteiger partial charge in [0.05, 0.1) is 0 Å². The molecule has 13 heavy (non-hydrogen) atoms. The Balaban J connectivity index is 2.56. The molecule has 0 aromatic carbocycles. The second kappa shape index (κ2) is 5.80. The molecule has 0 amide bonds. The van der Waals surface area contributed by atoms with Crippen molar-refractivity contribution in [1.29, 1.82) is 0 Å². The molecule has 0 atom stereocenters. The normalized spacial score (nSPS) is 10.0. The number of nitrogens with one attached hydrogen (secondary N) is 1. The molecule has 0 saturated carbocycles. The fraction of sp³-hybridized carbons (Fsp3) is 0.556. The monoisotopic (exact) mass is 197 g/mol. The van der Waals surface area contributed by atoms with Gasteiger partial charge in [-0.25, -0.2) is 9.97 Å². The van der Waals surface area contributed by atoms with Crippen molar-refractivity contribution >= 4 is 17.7 Å². The molecule has 4 heteroatoms. The van der Waals surface area contributed by atoms with Gasteiger partial charge in [-0.15, -0.1) is 11.8 Å². The minimum absolute atomic E-state index is 0.736. The lowest BCUT2D eigenvalue weighted by molar-refractivity contribution is 0.935. The van der Waals surface area contributed by atoms with Gasteiger partial charge in [-0.1, -0.05) is 13.8 Å². The molecule has 0 saturated heterocycles. The summed E-state index contributed by atoms with van der Waals surface area (Å²) in [5, 5.41) is 4.20. The van der Waals surface area contributed by atoms with Crippen LogP contribution in [0.5, 0.6) is 0 Å². The van der Waals surface area contributed by atoms with Crippen LogP contribution in [-0.4, -0.2) is 22.3 Å². The van der Waals surface area contributed by atoms with E-state index in [0.717, 1.165) is 29.7 Å². The Morgan fingerprint density at radius 2 is 2.31 bits per heavy atom. The molecule has 1 heterocycles. The zero-order valence-corrected chi connectivity index (χ0v) is 8.90. The minimum atomic E-state index is 0.736. The number of thioether (sulfide) groups is 1. The summed E-state index contributed by atoms with van der Waals surface area (Å²) in [4.78, 5) is 8.46. The third kappa shape index (κ3) is 3.63. The molecule has 72 valence electrons. The van der Waals surface area contributed by atoms with E-state index in [9.17, 15) is 0 Å². The van der Waals surface area contributed by atoms with E-state index in [-0.39, 0.29) is 0 Å². The average Bonchev–Trinajstić information content (AvgIpc) is 2.16. The van der Waals surface area contributed by atoms with E-state index in [1.807, 2.05) is 6.07 Å². The molecule has 0 unspecified atom stereocenters. The Kier molecular flexibility index (Phi) is 4.60. The molecule has 0 bridgehead atoms. The van der Waals surface area contributed by atoms with Gasteiger partial charge in [0, 0.05) is 12.7 Å². The molecule has 1 aromatic rings. The first-order valence-corrected chi connectivity index (χ1v) is 5.55. The van der Waals surface area contributed by atoms with Crippen molar-refractivity contribution in [2.45, 2.75) is 25.3 Å². The van der Waals surface area contributed by atoms with E-state index in [2.05, 4.69) is 29.1 Å². The predicted molar refractivity (Wildman–Crippen MR) is 57.2 cm³/mol. The standard InChI is InChI=1S/C9H15N3S/c1-3-6-10-9-11-7-5-8(12-9)13-4-2/h5,7H,3-4,6H2,1-2H3,(H,10,11,12). The highest BCUT2D eigenvalue weighted by molar-refractivity contribution is 7.99. The Hall–Kier alpha value is -0.770. The van der Waals surface area contributed by atoms with E-state index >= 15 is 0 Å². The Morgan fingerprint density at radius 3 is 3.00 bits per heavy atom. The first-order valence-electron chi connectivity index (χ1n) is 4.56. The van der Waals surface area contributed by atoms with E-state index in [4.69, 9.17) is 0 Å². The van der Waals surface area contributed by atoms with Crippen LogP contribution >= 0.6 is 11.8 Å². The summed E-state index contributed by atoms with van der Waals surface area (Å²) >= 11 is 1.73. The summed E-state index contributed by atoms with van der Waals surface area (Å²) in [5.74, 6) is 1.78. The van der Waals surface area contributed by atoms with Crippen molar-refractivity contribution in [3.8, 4) is 0 Å². The second-order valence-corrected chi connectivity index (χ2v) is 3.86. The third-order valence-electron chi connectivity index (χ3n) is 1.46. The average molecular weight is 197 g/mol. The molecule has 1 N–H and O–H groups in total. The quantitative estimate of drug-likeness (QED) is 0.581. The highest BCUT2D eigenvalue weighted by Crippen LogP contribution is 2.14. The molecule has 0 aliphatic carbocycles. The topological polar surface area (TPSA) is 37.8 Å². The van der Waals surface area contributed by atoms with Gasteiger partial charge in [-0.2, -0.15) is 0 Å². The van der Waals surface area contributed by atoms with Crippen LogP contribution in [0.3, 0.4) is 0 Å². The van der Waals surface area contributed by atoms with Crippen molar-refractivity contribution in [2.24, 2.45) is 0 Å². The van der Waals surface area contributed by atoms with Crippen LogP contribution < -0.4 is 5.32 Å². The number of anilines is 1. The maximum atomic E-state index is 4.34.